The number of rotatable bonds is 4. The number of hydrogen-bond acceptors (Lipinski definition) is 2. The minimum absolute atomic E-state index is 0.704. The molecule has 0 saturated carbocycles. The van der Waals surface area contributed by atoms with E-state index in [4.69, 9.17) is 9.97 Å². The molecule has 0 spiro atoms. The molecule has 4 rings (SSSR count). The van der Waals surface area contributed by atoms with Crippen molar-refractivity contribution in [1.29, 1.82) is 0 Å². The largest absolute Gasteiger partial charge is 0.280 e. The van der Waals surface area contributed by atoms with Gasteiger partial charge < -0.3 is 0 Å². The van der Waals surface area contributed by atoms with Crippen LogP contribution in [0.2, 0.25) is 0 Å². The van der Waals surface area contributed by atoms with Crippen molar-refractivity contribution < 1.29 is 0 Å². The van der Waals surface area contributed by atoms with E-state index < -0.39 is 0 Å². The lowest BCUT2D eigenvalue weighted by Crippen LogP contribution is -2.01. The van der Waals surface area contributed by atoms with Crippen LogP contribution in [0, 0.1) is 6.92 Å². The molecule has 0 saturated heterocycles. The van der Waals surface area contributed by atoms with E-state index in [0.29, 0.717) is 6.42 Å². The minimum atomic E-state index is 0.704. The number of allylic oxidation sites excluding steroid dienone is 1. The molecule has 0 aliphatic heterocycles. The number of benzene rings is 2. The number of hydrogen-bond donors (Lipinski definition) is 0. The van der Waals surface area contributed by atoms with Gasteiger partial charge in [0, 0.05) is 17.8 Å². The molecule has 0 fully saturated rings. The van der Waals surface area contributed by atoms with Gasteiger partial charge in [-0.1, -0.05) is 48.5 Å². The van der Waals surface area contributed by atoms with Crippen LogP contribution in [0.1, 0.15) is 11.5 Å². The first-order valence-electron chi connectivity index (χ1n) is 8.38. The van der Waals surface area contributed by atoms with Gasteiger partial charge >= 0.3 is 0 Å². The van der Waals surface area contributed by atoms with Gasteiger partial charge in [-0.05, 0) is 42.3 Å². The lowest BCUT2D eigenvalue weighted by atomic mass is 10.1. The molecule has 2 aromatic carbocycles. The fourth-order valence-corrected chi connectivity index (χ4v) is 3.07. The molecule has 0 bridgehead atoms. The summed E-state index contributed by atoms with van der Waals surface area (Å²) in [5, 5.41) is 0. The fourth-order valence-electron chi connectivity index (χ4n) is 3.07. The zero-order valence-electron chi connectivity index (χ0n) is 14.2. The lowest BCUT2D eigenvalue weighted by Gasteiger charge is -2.09. The van der Waals surface area contributed by atoms with E-state index in [1.807, 2.05) is 31.2 Å². The average molecular weight is 325 g/mol. The van der Waals surface area contributed by atoms with Crippen molar-refractivity contribution in [3.63, 3.8) is 0 Å². The first-order valence-corrected chi connectivity index (χ1v) is 8.38. The summed E-state index contributed by atoms with van der Waals surface area (Å²) in [7, 11) is 0. The van der Waals surface area contributed by atoms with Gasteiger partial charge in [-0.15, -0.1) is 6.58 Å². The van der Waals surface area contributed by atoms with E-state index in [9.17, 15) is 0 Å². The Hall–Kier alpha value is -3.20. The summed E-state index contributed by atoms with van der Waals surface area (Å²) < 4.78 is 2.12. The number of aryl methyl sites for hydroxylation is 1. The van der Waals surface area contributed by atoms with E-state index >= 15 is 0 Å². The third kappa shape index (κ3) is 2.85. The first kappa shape index (κ1) is 15.3. The highest BCUT2D eigenvalue weighted by Gasteiger charge is 2.13. The second kappa shape index (κ2) is 6.36. The smallest absolute Gasteiger partial charge is 0.164 e. The van der Waals surface area contributed by atoms with Gasteiger partial charge in [-0.25, -0.2) is 9.97 Å². The lowest BCUT2D eigenvalue weighted by molar-refractivity contribution is 0.939. The Morgan fingerprint density at radius 1 is 0.880 bits per heavy atom. The van der Waals surface area contributed by atoms with Crippen molar-refractivity contribution >= 4 is 11.2 Å². The van der Waals surface area contributed by atoms with Gasteiger partial charge in [0.15, 0.2) is 5.65 Å². The Morgan fingerprint density at radius 3 is 2.32 bits per heavy atom. The van der Waals surface area contributed by atoms with Gasteiger partial charge in [0.05, 0.1) is 0 Å². The Balaban J connectivity index is 1.84. The van der Waals surface area contributed by atoms with Crippen LogP contribution >= 0.6 is 0 Å². The van der Waals surface area contributed by atoms with E-state index in [1.54, 1.807) is 0 Å². The Kier molecular flexibility index (Phi) is 3.90. The van der Waals surface area contributed by atoms with E-state index in [-0.39, 0.29) is 0 Å². The van der Waals surface area contributed by atoms with Crippen molar-refractivity contribution in [2.75, 3.05) is 0 Å². The molecule has 0 aliphatic rings. The summed E-state index contributed by atoms with van der Waals surface area (Å²) in [6, 6.07) is 22.9. The van der Waals surface area contributed by atoms with Crippen molar-refractivity contribution in [1.82, 2.24) is 14.5 Å². The molecule has 4 aromatic rings. The van der Waals surface area contributed by atoms with Crippen molar-refractivity contribution in [2.24, 2.45) is 0 Å². The highest BCUT2D eigenvalue weighted by Crippen LogP contribution is 2.24. The number of aromatic nitrogens is 3. The highest BCUT2D eigenvalue weighted by molar-refractivity contribution is 5.75. The van der Waals surface area contributed by atoms with Crippen molar-refractivity contribution in [3.8, 4) is 16.8 Å². The molecule has 0 aliphatic carbocycles. The summed E-state index contributed by atoms with van der Waals surface area (Å²) in [4.78, 5) is 9.43. The van der Waals surface area contributed by atoms with Crippen LogP contribution in [0.15, 0.2) is 79.4 Å². The van der Waals surface area contributed by atoms with Crippen LogP contribution in [0.3, 0.4) is 0 Å². The number of fused-ring (bicyclic) bond motifs is 1. The predicted octanol–water partition coefficient (Wildman–Crippen LogP) is 5.12. The van der Waals surface area contributed by atoms with Gasteiger partial charge in [0.2, 0.25) is 0 Å². The zero-order chi connectivity index (χ0) is 17.2. The number of imidazole rings is 1. The summed E-state index contributed by atoms with van der Waals surface area (Å²) in [6.07, 6.45) is 2.58. The molecule has 2 aromatic heterocycles. The normalized spacial score (nSPS) is 10.9. The second-order valence-corrected chi connectivity index (χ2v) is 6.06. The molecule has 122 valence electrons. The molecule has 0 amide bonds. The van der Waals surface area contributed by atoms with Gasteiger partial charge in [-0.2, -0.15) is 0 Å². The Bertz CT molecular complexity index is 1030. The fraction of sp³-hybridized carbons (Fsp3) is 0.0909. The van der Waals surface area contributed by atoms with Gasteiger partial charge in [0.25, 0.3) is 0 Å². The van der Waals surface area contributed by atoms with Crippen LogP contribution in [-0.2, 0) is 6.42 Å². The SMILES string of the molecule is C=CCc1nc2ccc(C)nc2n1-c1ccc(-c2ccccc2)cc1. The van der Waals surface area contributed by atoms with Crippen molar-refractivity contribution in [2.45, 2.75) is 13.3 Å². The van der Waals surface area contributed by atoms with Crippen LogP contribution < -0.4 is 0 Å². The Morgan fingerprint density at radius 2 is 1.60 bits per heavy atom. The molecular weight excluding hydrogens is 306 g/mol. The third-order valence-corrected chi connectivity index (χ3v) is 4.27. The van der Waals surface area contributed by atoms with Crippen molar-refractivity contribution in [3.05, 3.63) is 90.9 Å². The average Bonchev–Trinajstić information content (AvgIpc) is 3.00. The summed E-state index contributed by atoms with van der Waals surface area (Å²) in [6.45, 7) is 5.86. The van der Waals surface area contributed by atoms with Gasteiger partial charge in [-0.3, -0.25) is 4.57 Å². The standard InChI is InChI=1S/C22H19N3/c1-3-7-21-24-20-15-10-16(2)23-22(20)25(21)19-13-11-18(12-14-19)17-8-5-4-6-9-17/h3-6,8-15H,1,7H2,2H3. The maximum atomic E-state index is 4.73. The van der Waals surface area contributed by atoms with E-state index in [2.05, 4.69) is 59.7 Å². The monoisotopic (exact) mass is 325 g/mol. The second-order valence-electron chi connectivity index (χ2n) is 6.06. The minimum Gasteiger partial charge on any atom is -0.280 e. The highest BCUT2D eigenvalue weighted by atomic mass is 15.1. The molecule has 0 atom stereocenters. The number of pyridine rings is 1. The van der Waals surface area contributed by atoms with Crippen LogP contribution in [-0.4, -0.2) is 14.5 Å². The molecule has 2 heterocycles. The summed E-state index contributed by atoms with van der Waals surface area (Å²) in [5.41, 5.74) is 6.27. The molecule has 3 heteroatoms. The quantitative estimate of drug-likeness (QED) is 0.487. The van der Waals surface area contributed by atoms with Crippen LogP contribution in [0.25, 0.3) is 28.0 Å². The topological polar surface area (TPSA) is 30.7 Å². The molecule has 0 N–H and O–H groups in total. The maximum Gasteiger partial charge on any atom is 0.164 e. The zero-order valence-corrected chi connectivity index (χ0v) is 14.2. The van der Waals surface area contributed by atoms with Crippen LogP contribution in [0.4, 0.5) is 0 Å². The maximum absolute atomic E-state index is 4.73. The van der Waals surface area contributed by atoms with E-state index in [0.717, 1.165) is 28.4 Å². The third-order valence-electron chi connectivity index (χ3n) is 4.27. The molecule has 25 heavy (non-hydrogen) atoms. The first-order chi connectivity index (χ1) is 12.3. The molecule has 0 unspecified atom stereocenters. The summed E-state index contributed by atoms with van der Waals surface area (Å²) >= 11 is 0. The number of nitrogens with zero attached hydrogens (tertiary/aromatic N) is 3. The van der Waals surface area contributed by atoms with Crippen LogP contribution in [0.5, 0.6) is 0 Å². The summed E-state index contributed by atoms with van der Waals surface area (Å²) in [5.74, 6) is 0.954. The predicted molar refractivity (Wildman–Crippen MR) is 103 cm³/mol. The Labute approximate surface area is 147 Å². The molecule has 3 nitrogen and oxygen atoms in total. The van der Waals surface area contributed by atoms with E-state index in [1.165, 1.54) is 11.1 Å². The molecule has 0 radical (unpaired) electrons. The van der Waals surface area contributed by atoms with Gasteiger partial charge in [0.1, 0.15) is 11.3 Å². The molecular formula is C22H19N3.